The second-order valence-corrected chi connectivity index (χ2v) is 5.60. The first-order chi connectivity index (χ1) is 6.32. The van der Waals surface area contributed by atoms with Crippen LogP contribution in [0.1, 0.15) is 20.8 Å². The van der Waals surface area contributed by atoms with Gasteiger partial charge in [-0.15, -0.1) is 0 Å². The highest BCUT2D eigenvalue weighted by molar-refractivity contribution is 9.09. The third-order valence-electron chi connectivity index (χ3n) is 2.36. The van der Waals surface area contributed by atoms with Gasteiger partial charge >= 0.3 is 0 Å². The van der Waals surface area contributed by atoms with Crippen molar-refractivity contribution in [1.82, 2.24) is 0 Å². The maximum absolute atomic E-state index is 10.5. The first-order valence-corrected chi connectivity index (χ1v) is 5.42. The lowest BCUT2D eigenvalue weighted by Gasteiger charge is -2.31. The molecule has 0 aliphatic heterocycles. The lowest BCUT2D eigenvalue weighted by Crippen LogP contribution is -2.28. The second kappa shape index (κ2) is 3.85. The molecule has 3 nitrogen and oxygen atoms in total. The van der Waals surface area contributed by atoms with Gasteiger partial charge in [0.15, 0.2) is 0 Å². The van der Waals surface area contributed by atoms with Crippen LogP contribution in [0.15, 0.2) is 23.9 Å². The summed E-state index contributed by atoms with van der Waals surface area (Å²) in [6.07, 6.45) is 5.17. The largest absolute Gasteiger partial charge is 0.266 e. The molecule has 1 aliphatic rings. The minimum absolute atomic E-state index is 0.0490. The highest BCUT2D eigenvalue weighted by Crippen LogP contribution is 2.36. The molecule has 0 aromatic carbocycles. The van der Waals surface area contributed by atoms with Crippen molar-refractivity contribution < 1.29 is 4.92 Å². The molecule has 78 valence electrons. The van der Waals surface area contributed by atoms with Crippen molar-refractivity contribution >= 4 is 15.9 Å². The molecule has 0 amide bonds. The zero-order valence-electron chi connectivity index (χ0n) is 8.53. The molecular weight excluding hydrogens is 246 g/mol. The van der Waals surface area contributed by atoms with Crippen LogP contribution in [0.3, 0.4) is 0 Å². The smallest absolute Gasteiger partial charge is 0.258 e. The van der Waals surface area contributed by atoms with Gasteiger partial charge in [0.25, 0.3) is 5.70 Å². The van der Waals surface area contributed by atoms with Gasteiger partial charge in [0.1, 0.15) is 0 Å². The molecular formula is C10H14BrNO2. The van der Waals surface area contributed by atoms with Gasteiger partial charge in [0, 0.05) is 17.0 Å². The summed E-state index contributed by atoms with van der Waals surface area (Å²) in [4.78, 5) is 10.2. The summed E-state index contributed by atoms with van der Waals surface area (Å²) in [7, 11) is 0. The number of nitro groups is 1. The van der Waals surface area contributed by atoms with Crippen LogP contribution in [-0.2, 0) is 0 Å². The fraction of sp³-hybridized carbons (Fsp3) is 0.600. The van der Waals surface area contributed by atoms with E-state index in [9.17, 15) is 10.1 Å². The number of rotatable bonds is 1. The van der Waals surface area contributed by atoms with E-state index in [4.69, 9.17) is 0 Å². The SMILES string of the molecule is CC(C)(C)C1C=CC([N+](=O)[O-])=CC1Br. The Morgan fingerprint density at radius 2 is 2.07 bits per heavy atom. The number of hydrogen-bond acceptors (Lipinski definition) is 2. The Bertz CT molecular complexity index is 302. The molecule has 0 saturated carbocycles. The lowest BCUT2D eigenvalue weighted by atomic mass is 9.77. The molecule has 0 bridgehead atoms. The summed E-state index contributed by atoms with van der Waals surface area (Å²) in [6, 6.07) is 0. The second-order valence-electron chi connectivity index (χ2n) is 4.54. The van der Waals surface area contributed by atoms with Crippen LogP contribution < -0.4 is 0 Å². The summed E-state index contributed by atoms with van der Waals surface area (Å²) >= 11 is 3.47. The Hall–Kier alpha value is -0.640. The molecule has 0 aromatic rings. The van der Waals surface area contributed by atoms with Gasteiger partial charge in [-0.05, 0) is 11.3 Å². The normalized spacial score (nSPS) is 27.3. The average molecular weight is 260 g/mol. The van der Waals surface area contributed by atoms with Crippen LogP contribution in [0.25, 0.3) is 0 Å². The molecule has 0 heterocycles. The van der Waals surface area contributed by atoms with Crippen LogP contribution in [0.5, 0.6) is 0 Å². The van der Waals surface area contributed by atoms with Crippen molar-refractivity contribution in [1.29, 1.82) is 0 Å². The van der Waals surface area contributed by atoms with Crippen molar-refractivity contribution in [3.05, 3.63) is 34.0 Å². The molecule has 0 aromatic heterocycles. The molecule has 0 saturated heterocycles. The van der Waals surface area contributed by atoms with E-state index in [-0.39, 0.29) is 20.9 Å². The van der Waals surface area contributed by atoms with E-state index >= 15 is 0 Å². The van der Waals surface area contributed by atoms with Crippen molar-refractivity contribution in [3.63, 3.8) is 0 Å². The molecule has 2 atom stereocenters. The Morgan fingerprint density at radius 3 is 2.43 bits per heavy atom. The van der Waals surface area contributed by atoms with Gasteiger partial charge in [0.2, 0.25) is 0 Å². The summed E-state index contributed by atoms with van der Waals surface area (Å²) in [5.74, 6) is 0.297. The van der Waals surface area contributed by atoms with Crippen molar-refractivity contribution in [3.8, 4) is 0 Å². The van der Waals surface area contributed by atoms with E-state index in [0.29, 0.717) is 5.92 Å². The molecule has 2 unspecified atom stereocenters. The quantitative estimate of drug-likeness (QED) is 0.413. The predicted octanol–water partition coefficient (Wildman–Crippen LogP) is 3.14. The zero-order valence-corrected chi connectivity index (χ0v) is 10.1. The van der Waals surface area contributed by atoms with Crippen LogP contribution in [0, 0.1) is 21.4 Å². The molecule has 0 N–H and O–H groups in total. The molecule has 1 aliphatic carbocycles. The number of allylic oxidation sites excluding steroid dienone is 3. The van der Waals surface area contributed by atoms with Crippen LogP contribution in [0.4, 0.5) is 0 Å². The minimum atomic E-state index is -0.357. The van der Waals surface area contributed by atoms with E-state index in [1.165, 1.54) is 0 Å². The number of nitrogens with zero attached hydrogens (tertiary/aromatic N) is 1. The van der Waals surface area contributed by atoms with Crippen LogP contribution >= 0.6 is 15.9 Å². The fourth-order valence-electron chi connectivity index (χ4n) is 1.52. The lowest BCUT2D eigenvalue weighted by molar-refractivity contribution is -0.419. The Kier molecular flexibility index (Phi) is 3.14. The average Bonchev–Trinajstić information content (AvgIpc) is 2.01. The monoisotopic (exact) mass is 259 g/mol. The Balaban J connectivity index is 2.87. The van der Waals surface area contributed by atoms with Crippen LogP contribution in [-0.4, -0.2) is 9.75 Å². The third-order valence-corrected chi connectivity index (χ3v) is 3.19. The molecule has 1 rings (SSSR count). The van der Waals surface area contributed by atoms with E-state index < -0.39 is 0 Å². The van der Waals surface area contributed by atoms with Gasteiger partial charge in [0.05, 0.1) is 4.92 Å². The van der Waals surface area contributed by atoms with Crippen molar-refractivity contribution in [2.75, 3.05) is 0 Å². The van der Waals surface area contributed by atoms with E-state index in [0.717, 1.165) is 0 Å². The Morgan fingerprint density at radius 1 is 1.50 bits per heavy atom. The number of alkyl halides is 1. The van der Waals surface area contributed by atoms with E-state index in [1.807, 2.05) is 6.08 Å². The maximum Gasteiger partial charge on any atom is 0.266 e. The molecule has 0 fully saturated rings. The first-order valence-electron chi connectivity index (χ1n) is 4.51. The fourth-order valence-corrected chi connectivity index (χ4v) is 2.76. The highest BCUT2D eigenvalue weighted by Gasteiger charge is 2.31. The summed E-state index contributed by atoms with van der Waals surface area (Å²) in [5.41, 5.74) is 0.288. The van der Waals surface area contributed by atoms with Gasteiger partial charge < -0.3 is 0 Å². The molecule has 0 radical (unpaired) electrons. The summed E-state index contributed by atoms with van der Waals surface area (Å²) in [6.45, 7) is 6.38. The summed E-state index contributed by atoms with van der Waals surface area (Å²) < 4.78 is 0. The van der Waals surface area contributed by atoms with E-state index in [1.54, 1.807) is 12.2 Å². The summed E-state index contributed by atoms with van der Waals surface area (Å²) in [5, 5.41) is 10.5. The van der Waals surface area contributed by atoms with Crippen molar-refractivity contribution in [2.45, 2.75) is 25.6 Å². The van der Waals surface area contributed by atoms with E-state index in [2.05, 4.69) is 36.7 Å². The maximum atomic E-state index is 10.5. The van der Waals surface area contributed by atoms with Gasteiger partial charge in [-0.2, -0.15) is 0 Å². The zero-order chi connectivity index (χ0) is 10.9. The predicted molar refractivity (Wildman–Crippen MR) is 59.9 cm³/mol. The van der Waals surface area contributed by atoms with Gasteiger partial charge in [-0.3, -0.25) is 10.1 Å². The van der Waals surface area contributed by atoms with Crippen molar-refractivity contribution in [2.24, 2.45) is 11.3 Å². The Labute approximate surface area is 92.2 Å². The standard InChI is InChI=1S/C10H14BrNO2/c1-10(2,3)8-5-4-7(12(13)14)6-9(8)11/h4-6,8-9H,1-3H3. The minimum Gasteiger partial charge on any atom is -0.258 e. The molecule has 0 spiro atoms. The van der Waals surface area contributed by atoms with Gasteiger partial charge in [-0.1, -0.05) is 42.8 Å². The molecule has 14 heavy (non-hydrogen) atoms. The topological polar surface area (TPSA) is 43.1 Å². The molecule has 4 heteroatoms. The third kappa shape index (κ3) is 2.44. The number of halogens is 1. The first kappa shape index (κ1) is 11.4. The van der Waals surface area contributed by atoms with Gasteiger partial charge in [-0.25, -0.2) is 0 Å². The van der Waals surface area contributed by atoms with Crippen LogP contribution in [0.2, 0.25) is 0 Å². The highest BCUT2D eigenvalue weighted by atomic mass is 79.9. The number of hydrogen-bond donors (Lipinski definition) is 0.